The predicted molar refractivity (Wildman–Crippen MR) is 76.3 cm³/mol. The van der Waals surface area contributed by atoms with E-state index in [0.717, 1.165) is 28.8 Å². The molecule has 0 amide bonds. The number of likely N-dealkylation sites (N-methyl/N-ethyl adjacent to an activating group) is 1. The minimum absolute atomic E-state index is 0.514. The van der Waals surface area contributed by atoms with E-state index >= 15 is 0 Å². The lowest BCUT2D eigenvalue weighted by Crippen LogP contribution is -2.03. The zero-order valence-corrected chi connectivity index (χ0v) is 11.2. The summed E-state index contributed by atoms with van der Waals surface area (Å²) in [7, 11) is 3.55. The van der Waals surface area contributed by atoms with E-state index in [1.54, 1.807) is 7.11 Å². The van der Waals surface area contributed by atoms with Gasteiger partial charge in [-0.05, 0) is 31.3 Å². The van der Waals surface area contributed by atoms with E-state index in [4.69, 9.17) is 16.3 Å². The second-order valence-electron chi connectivity index (χ2n) is 3.89. The van der Waals surface area contributed by atoms with Crippen LogP contribution < -0.4 is 10.1 Å². The summed E-state index contributed by atoms with van der Waals surface area (Å²) < 4.78 is 5.20. The van der Waals surface area contributed by atoms with Crippen molar-refractivity contribution < 1.29 is 4.74 Å². The lowest BCUT2D eigenvalue weighted by molar-refractivity contribution is 0.415. The van der Waals surface area contributed by atoms with Gasteiger partial charge in [-0.25, -0.2) is 4.98 Å². The molecule has 1 N–H and O–H groups in total. The number of fused-ring (bicyclic) bond motifs is 1. The molecule has 0 atom stereocenters. The second-order valence-corrected chi connectivity index (χ2v) is 4.25. The Morgan fingerprint density at radius 2 is 2.22 bits per heavy atom. The third-order valence-electron chi connectivity index (χ3n) is 2.62. The van der Waals surface area contributed by atoms with Gasteiger partial charge in [0.15, 0.2) is 0 Å². The Morgan fingerprint density at radius 3 is 2.94 bits per heavy atom. The molecule has 4 heteroatoms. The summed E-state index contributed by atoms with van der Waals surface area (Å²) in [6, 6.07) is 7.75. The summed E-state index contributed by atoms with van der Waals surface area (Å²) in [4.78, 5) is 4.37. The van der Waals surface area contributed by atoms with Crippen LogP contribution in [-0.4, -0.2) is 25.7 Å². The Hall–Kier alpha value is -1.58. The average molecular weight is 263 g/mol. The van der Waals surface area contributed by atoms with Gasteiger partial charge in [0, 0.05) is 17.5 Å². The molecule has 0 aliphatic heterocycles. The van der Waals surface area contributed by atoms with E-state index < -0.39 is 0 Å². The highest BCUT2D eigenvalue weighted by molar-refractivity contribution is 6.31. The fourth-order valence-corrected chi connectivity index (χ4v) is 1.90. The number of ether oxygens (including phenoxy) is 1. The van der Waals surface area contributed by atoms with Gasteiger partial charge in [-0.15, -0.1) is 0 Å². The maximum atomic E-state index is 6.14. The van der Waals surface area contributed by atoms with E-state index in [-0.39, 0.29) is 0 Å². The van der Waals surface area contributed by atoms with Gasteiger partial charge in [0.05, 0.1) is 12.6 Å². The highest BCUT2D eigenvalue weighted by Crippen LogP contribution is 2.24. The Kier molecular flexibility index (Phi) is 4.18. The van der Waals surface area contributed by atoms with Crippen molar-refractivity contribution in [3.05, 3.63) is 41.1 Å². The molecule has 1 aromatic heterocycles. The highest BCUT2D eigenvalue weighted by Gasteiger charge is 2.03. The topological polar surface area (TPSA) is 34.1 Å². The number of halogens is 1. The molecule has 1 aromatic carbocycles. The molecule has 0 aliphatic rings. The first-order valence-corrected chi connectivity index (χ1v) is 6.08. The Morgan fingerprint density at radius 1 is 1.39 bits per heavy atom. The Balaban J connectivity index is 2.44. The number of rotatable bonds is 4. The molecule has 0 bridgehead atoms. The van der Waals surface area contributed by atoms with E-state index in [2.05, 4.69) is 10.3 Å². The minimum atomic E-state index is 0.514. The van der Waals surface area contributed by atoms with E-state index in [9.17, 15) is 0 Å². The molecule has 0 spiro atoms. The van der Waals surface area contributed by atoms with Crippen molar-refractivity contribution in [1.82, 2.24) is 10.3 Å². The summed E-state index contributed by atoms with van der Waals surface area (Å²) in [5.41, 5.74) is 1.78. The van der Waals surface area contributed by atoms with Gasteiger partial charge in [0.25, 0.3) is 0 Å². The third kappa shape index (κ3) is 2.81. The summed E-state index contributed by atoms with van der Waals surface area (Å²) in [6.07, 6.45) is 3.97. The van der Waals surface area contributed by atoms with Crippen LogP contribution in [-0.2, 0) is 0 Å². The van der Waals surface area contributed by atoms with Crippen molar-refractivity contribution in [3.8, 4) is 5.75 Å². The van der Waals surface area contributed by atoms with Crippen LogP contribution in [0.4, 0.5) is 0 Å². The van der Waals surface area contributed by atoms with Crippen LogP contribution in [0.5, 0.6) is 5.75 Å². The molecule has 1 heterocycles. The standard InChI is InChI=1S/C14H15ClN2O/c1-16-7-3-4-10-8-11-9-12(18-2)5-6-13(11)17-14(10)15/h3-6,8-9,16H,7H2,1-2H3. The number of pyridine rings is 1. The molecule has 0 unspecified atom stereocenters. The lowest BCUT2D eigenvalue weighted by atomic mass is 10.1. The van der Waals surface area contributed by atoms with Crippen molar-refractivity contribution in [1.29, 1.82) is 0 Å². The summed E-state index contributed by atoms with van der Waals surface area (Å²) in [6.45, 7) is 0.798. The van der Waals surface area contributed by atoms with Gasteiger partial charge < -0.3 is 10.1 Å². The van der Waals surface area contributed by atoms with E-state index in [1.807, 2.05) is 43.5 Å². The van der Waals surface area contributed by atoms with Crippen molar-refractivity contribution >= 4 is 28.6 Å². The molecule has 2 rings (SSSR count). The van der Waals surface area contributed by atoms with Crippen molar-refractivity contribution in [2.45, 2.75) is 0 Å². The number of hydrogen-bond acceptors (Lipinski definition) is 3. The number of nitrogens with one attached hydrogen (secondary N) is 1. The molecule has 0 fully saturated rings. The van der Waals surface area contributed by atoms with E-state index in [0.29, 0.717) is 5.15 Å². The molecule has 0 radical (unpaired) electrons. The zero-order chi connectivity index (χ0) is 13.0. The zero-order valence-electron chi connectivity index (χ0n) is 10.4. The van der Waals surface area contributed by atoms with Gasteiger partial charge in [0.2, 0.25) is 0 Å². The fourth-order valence-electron chi connectivity index (χ4n) is 1.70. The van der Waals surface area contributed by atoms with Crippen molar-refractivity contribution in [2.75, 3.05) is 20.7 Å². The largest absolute Gasteiger partial charge is 0.497 e. The predicted octanol–water partition coefficient (Wildman–Crippen LogP) is 3.13. The van der Waals surface area contributed by atoms with E-state index in [1.165, 1.54) is 0 Å². The molecular weight excluding hydrogens is 248 g/mol. The fraction of sp³-hybridized carbons (Fsp3) is 0.214. The first kappa shape index (κ1) is 12.9. The lowest BCUT2D eigenvalue weighted by Gasteiger charge is -2.04. The van der Waals surface area contributed by atoms with Gasteiger partial charge in [-0.1, -0.05) is 23.8 Å². The van der Waals surface area contributed by atoms with Crippen LogP contribution in [0.15, 0.2) is 30.3 Å². The first-order valence-electron chi connectivity index (χ1n) is 5.70. The van der Waals surface area contributed by atoms with Crippen LogP contribution >= 0.6 is 11.6 Å². The van der Waals surface area contributed by atoms with Gasteiger partial charge in [-0.2, -0.15) is 0 Å². The Labute approximate surface area is 111 Å². The molecule has 2 aromatic rings. The monoisotopic (exact) mass is 262 g/mol. The molecule has 0 aliphatic carbocycles. The number of hydrogen-bond donors (Lipinski definition) is 1. The van der Waals surface area contributed by atoms with Crippen LogP contribution in [0.2, 0.25) is 5.15 Å². The van der Waals surface area contributed by atoms with Crippen molar-refractivity contribution in [2.24, 2.45) is 0 Å². The van der Waals surface area contributed by atoms with Gasteiger partial charge in [0.1, 0.15) is 10.9 Å². The second kappa shape index (κ2) is 5.85. The minimum Gasteiger partial charge on any atom is -0.497 e. The van der Waals surface area contributed by atoms with Crippen molar-refractivity contribution in [3.63, 3.8) is 0 Å². The summed E-state index contributed by atoms with van der Waals surface area (Å²) in [5, 5.41) is 4.57. The quantitative estimate of drug-likeness (QED) is 0.860. The average Bonchev–Trinajstić information content (AvgIpc) is 2.39. The van der Waals surface area contributed by atoms with Crippen LogP contribution in [0.25, 0.3) is 17.0 Å². The number of benzene rings is 1. The molecule has 0 saturated heterocycles. The smallest absolute Gasteiger partial charge is 0.136 e. The van der Waals surface area contributed by atoms with Gasteiger partial charge >= 0.3 is 0 Å². The molecule has 0 saturated carbocycles. The number of aromatic nitrogens is 1. The molecule has 3 nitrogen and oxygen atoms in total. The molecule has 94 valence electrons. The number of nitrogens with zero attached hydrogens (tertiary/aromatic N) is 1. The van der Waals surface area contributed by atoms with Crippen LogP contribution in [0.1, 0.15) is 5.56 Å². The normalized spacial score (nSPS) is 11.3. The maximum Gasteiger partial charge on any atom is 0.136 e. The Bertz CT molecular complexity index is 581. The third-order valence-corrected chi connectivity index (χ3v) is 2.92. The SMILES string of the molecule is CNCC=Cc1cc2cc(OC)ccc2nc1Cl. The summed E-state index contributed by atoms with van der Waals surface area (Å²) in [5.74, 6) is 0.816. The molecule has 18 heavy (non-hydrogen) atoms. The number of methoxy groups -OCH3 is 1. The first-order chi connectivity index (χ1) is 8.74. The highest BCUT2D eigenvalue weighted by atomic mass is 35.5. The maximum absolute atomic E-state index is 6.14. The molecular formula is C14H15ClN2O. The van der Waals surface area contributed by atoms with Crippen LogP contribution in [0, 0.1) is 0 Å². The van der Waals surface area contributed by atoms with Crippen LogP contribution in [0.3, 0.4) is 0 Å². The van der Waals surface area contributed by atoms with Gasteiger partial charge in [-0.3, -0.25) is 0 Å². The summed E-state index contributed by atoms with van der Waals surface area (Å²) >= 11 is 6.14.